The van der Waals surface area contributed by atoms with Gasteiger partial charge in [-0.1, -0.05) is 79.8 Å². The van der Waals surface area contributed by atoms with Gasteiger partial charge in [-0.05, 0) is 93.4 Å². The molecule has 0 saturated heterocycles. The Labute approximate surface area is 207 Å². The van der Waals surface area contributed by atoms with Crippen molar-refractivity contribution in [1.82, 2.24) is 0 Å². The zero-order chi connectivity index (χ0) is 24.3. The van der Waals surface area contributed by atoms with E-state index in [1.165, 1.54) is 49.7 Å². The van der Waals surface area contributed by atoms with E-state index in [4.69, 9.17) is 0 Å². The van der Waals surface area contributed by atoms with Crippen molar-refractivity contribution in [1.29, 1.82) is 0 Å². The largest absolute Gasteiger partial charge is 0.393 e. The molecule has 3 fully saturated rings. The summed E-state index contributed by atoms with van der Waals surface area (Å²) in [4.78, 5) is 0. The van der Waals surface area contributed by atoms with Gasteiger partial charge < -0.3 is 15.3 Å². The van der Waals surface area contributed by atoms with E-state index < -0.39 is 12.2 Å². The number of fused-ring (bicyclic) bond motifs is 1. The van der Waals surface area contributed by atoms with Gasteiger partial charge in [-0.2, -0.15) is 0 Å². The monoisotopic (exact) mass is 466 g/mol. The van der Waals surface area contributed by atoms with E-state index in [2.05, 4.69) is 57.2 Å². The van der Waals surface area contributed by atoms with Crippen molar-refractivity contribution < 1.29 is 15.3 Å². The summed E-state index contributed by atoms with van der Waals surface area (Å²) in [7, 11) is 0. The third-order valence-corrected chi connectivity index (χ3v) is 9.40. The number of benzene rings is 1. The summed E-state index contributed by atoms with van der Waals surface area (Å²) in [6, 6.07) is 8.30. The molecule has 7 atom stereocenters. The topological polar surface area (TPSA) is 60.7 Å². The summed E-state index contributed by atoms with van der Waals surface area (Å²) in [5.74, 6) is 2.10. The van der Waals surface area contributed by atoms with Crippen molar-refractivity contribution >= 4 is 0 Å². The first-order chi connectivity index (χ1) is 16.3. The second-order valence-electron chi connectivity index (χ2n) is 11.9. The minimum absolute atomic E-state index is 0.353. The lowest BCUT2D eigenvalue weighted by atomic mass is 9.60. The molecule has 0 amide bonds. The van der Waals surface area contributed by atoms with Crippen LogP contribution in [-0.2, 0) is 0 Å². The maximum atomic E-state index is 10.6. The molecule has 0 aliphatic heterocycles. The Hall–Kier alpha value is -1.42. The Morgan fingerprint density at radius 2 is 1.74 bits per heavy atom. The number of hydrogen-bond donors (Lipinski definition) is 3. The molecule has 0 radical (unpaired) electrons. The normalized spacial score (nSPS) is 34.6. The summed E-state index contributed by atoms with van der Waals surface area (Å²) in [6.45, 7) is 7.07. The van der Waals surface area contributed by atoms with Gasteiger partial charge in [-0.3, -0.25) is 0 Å². The number of aliphatic hydroxyl groups excluding tert-OH is 3. The molecule has 3 heteroatoms. The van der Waals surface area contributed by atoms with Crippen molar-refractivity contribution in [2.24, 2.45) is 23.2 Å². The molecule has 34 heavy (non-hydrogen) atoms. The molecule has 3 N–H and O–H groups in total. The van der Waals surface area contributed by atoms with Crippen LogP contribution in [0, 0.1) is 30.1 Å². The van der Waals surface area contributed by atoms with Crippen LogP contribution in [0.3, 0.4) is 0 Å². The summed E-state index contributed by atoms with van der Waals surface area (Å²) < 4.78 is 0. The van der Waals surface area contributed by atoms with Gasteiger partial charge in [-0.15, -0.1) is 0 Å². The predicted molar refractivity (Wildman–Crippen MR) is 139 cm³/mol. The molecule has 188 valence electrons. The Morgan fingerprint density at radius 3 is 2.44 bits per heavy atom. The quantitative estimate of drug-likeness (QED) is 0.414. The highest BCUT2D eigenvalue weighted by Crippen LogP contribution is 2.60. The second-order valence-corrected chi connectivity index (χ2v) is 11.9. The number of aryl methyl sites for hydroxylation is 1. The van der Waals surface area contributed by atoms with Crippen LogP contribution in [0.25, 0.3) is 0 Å². The van der Waals surface area contributed by atoms with Crippen molar-refractivity contribution in [2.75, 3.05) is 0 Å². The van der Waals surface area contributed by atoms with E-state index in [-0.39, 0.29) is 6.10 Å². The number of allylic oxidation sites excluding steroid dienone is 3. The van der Waals surface area contributed by atoms with Crippen LogP contribution in [0.15, 0.2) is 47.6 Å². The minimum atomic E-state index is -0.397. The molecule has 1 aromatic rings. The Balaban J connectivity index is 1.35. The van der Waals surface area contributed by atoms with Gasteiger partial charge >= 0.3 is 0 Å². The fourth-order valence-corrected chi connectivity index (χ4v) is 7.53. The van der Waals surface area contributed by atoms with Crippen LogP contribution in [0.5, 0.6) is 0 Å². The van der Waals surface area contributed by atoms with Gasteiger partial charge in [0.25, 0.3) is 0 Å². The maximum Gasteiger partial charge on any atom is 0.0790 e. The Bertz CT molecular complexity index is 857. The van der Waals surface area contributed by atoms with Crippen LogP contribution in [0.1, 0.15) is 102 Å². The lowest BCUT2D eigenvalue weighted by Gasteiger charge is -2.44. The molecule has 3 saturated carbocycles. The van der Waals surface area contributed by atoms with Crippen molar-refractivity contribution in [3.63, 3.8) is 0 Å². The van der Waals surface area contributed by atoms with Crippen LogP contribution in [-0.4, -0.2) is 27.5 Å². The average Bonchev–Trinajstić information content (AvgIpc) is 3.15. The highest BCUT2D eigenvalue weighted by Gasteiger charge is 2.50. The van der Waals surface area contributed by atoms with Gasteiger partial charge in [0.1, 0.15) is 0 Å². The van der Waals surface area contributed by atoms with Crippen LogP contribution >= 0.6 is 0 Å². The van der Waals surface area contributed by atoms with Gasteiger partial charge in [0, 0.05) is 0 Å². The van der Waals surface area contributed by atoms with Gasteiger partial charge in [-0.25, -0.2) is 0 Å². The van der Waals surface area contributed by atoms with Crippen LogP contribution in [0.4, 0.5) is 0 Å². The summed E-state index contributed by atoms with van der Waals surface area (Å²) >= 11 is 0. The molecular formula is C31H46O3. The molecule has 3 aliphatic rings. The highest BCUT2D eigenvalue weighted by atomic mass is 16.3. The van der Waals surface area contributed by atoms with Gasteiger partial charge in [0.15, 0.2) is 0 Å². The van der Waals surface area contributed by atoms with E-state index in [0.717, 1.165) is 24.3 Å². The molecule has 0 aromatic heterocycles. The van der Waals surface area contributed by atoms with E-state index in [1.807, 2.05) is 0 Å². The molecule has 0 spiro atoms. The molecule has 3 nitrogen and oxygen atoms in total. The highest BCUT2D eigenvalue weighted by molar-refractivity contribution is 5.26. The van der Waals surface area contributed by atoms with Crippen molar-refractivity contribution in [3.05, 3.63) is 58.7 Å². The Kier molecular flexibility index (Phi) is 8.38. The molecule has 1 aromatic carbocycles. The molecule has 3 aliphatic carbocycles. The van der Waals surface area contributed by atoms with E-state index in [9.17, 15) is 15.3 Å². The van der Waals surface area contributed by atoms with E-state index in [1.54, 1.807) is 5.57 Å². The average molecular weight is 467 g/mol. The first kappa shape index (κ1) is 25.7. The third-order valence-electron chi connectivity index (χ3n) is 9.40. The van der Waals surface area contributed by atoms with E-state index >= 15 is 0 Å². The summed E-state index contributed by atoms with van der Waals surface area (Å²) in [5, 5.41) is 30.7. The third kappa shape index (κ3) is 5.86. The SMILES string of the molecule is Cc1ccc([C@H](O)CCC[C@@H](C)[C@H]2CC[C@H]3/C(=C/C=C4C[C@@H](O)C[C@H](O)C4)CCC[C@]23C)cc1. The maximum absolute atomic E-state index is 10.6. The minimum Gasteiger partial charge on any atom is -0.393 e. The fourth-order valence-electron chi connectivity index (χ4n) is 7.53. The molecule has 4 rings (SSSR count). The first-order valence-corrected chi connectivity index (χ1v) is 13.8. The summed E-state index contributed by atoms with van der Waals surface area (Å²) in [5.41, 5.74) is 5.45. The standard InChI is InChI=1S/C31H46O3/c1-21-9-12-25(13-10-21)30(34)8-4-6-22(2)28-15-16-29-24(7-5-17-31(28,29)3)14-11-23-18-26(32)20-27(33)19-23/h9-14,22,26-30,32-34H,4-8,15-20H2,1-3H3/b24-14+/t22-,26-,27-,28-,29+,30-,31-/m1/s1. The Morgan fingerprint density at radius 1 is 1.03 bits per heavy atom. The number of rotatable bonds is 7. The van der Waals surface area contributed by atoms with Crippen molar-refractivity contribution in [3.8, 4) is 0 Å². The van der Waals surface area contributed by atoms with Crippen LogP contribution < -0.4 is 0 Å². The molecule has 0 heterocycles. The van der Waals surface area contributed by atoms with Gasteiger partial charge in [0.05, 0.1) is 18.3 Å². The predicted octanol–water partition coefficient (Wildman–Crippen LogP) is 6.81. The number of aliphatic hydroxyl groups is 3. The summed E-state index contributed by atoms with van der Waals surface area (Å²) in [6.07, 6.45) is 14.8. The zero-order valence-electron chi connectivity index (χ0n) is 21.5. The second kappa shape index (κ2) is 11.1. The van der Waals surface area contributed by atoms with Crippen molar-refractivity contribution in [2.45, 2.75) is 110 Å². The van der Waals surface area contributed by atoms with Gasteiger partial charge in [0.2, 0.25) is 0 Å². The number of hydrogen-bond acceptors (Lipinski definition) is 3. The molecule has 0 unspecified atom stereocenters. The lowest BCUT2D eigenvalue weighted by Crippen LogP contribution is -2.36. The zero-order valence-corrected chi connectivity index (χ0v) is 21.5. The fraction of sp³-hybridized carbons (Fsp3) is 0.677. The first-order valence-electron chi connectivity index (χ1n) is 13.8. The molecular weight excluding hydrogens is 420 g/mol. The smallest absolute Gasteiger partial charge is 0.0790 e. The van der Waals surface area contributed by atoms with E-state index in [0.29, 0.717) is 36.5 Å². The molecule has 0 bridgehead atoms. The van der Waals surface area contributed by atoms with Crippen LogP contribution in [0.2, 0.25) is 0 Å². The lowest BCUT2D eigenvalue weighted by molar-refractivity contribution is 0.0609.